The van der Waals surface area contributed by atoms with Crippen molar-refractivity contribution in [2.75, 3.05) is 0 Å². The Labute approximate surface area is 129 Å². The van der Waals surface area contributed by atoms with Crippen LogP contribution in [-0.2, 0) is 0 Å². The fourth-order valence-electron chi connectivity index (χ4n) is 2.68. The van der Waals surface area contributed by atoms with Gasteiger partial charge in [0.25, 0.3) is 0 Å². The van der Waals surface area contributed by atoms with E-state index in [2.05, 4.69) is 18.2 Å². The van der Waals surface area contributed by atoms with Gasteiger partial charge in [-0.15, -0.1) is 0 Å². The van der Waals surface area contributed by atoms with Gasteiger partial charge < -0.3 is 4.74 Å². The van der Waals surface area contributed by atoms with Crippen molar-refractivity contribution in [3.05, 3.63) is 102 Å². The van der Waals surface area contributed by atoms with Crippen molar-refractivity contribution in [1.29, 1.82) is 0 Å². The van der Waals surface area contributed by atoms with Crippen molar-refractivity contribution in [3.8, 4) is 5.75 Å². The summed E-state index contributed by atoms with van der Waals surface area (Å²) in [6.45, 7) is 0. The molecule has 0 radical (unpaired) electrons. The normalized spacial score (nSPS) is 16.4. The van der Waals surface area contributed by atoms with Gasteiger partial charge in [-0.25, -0.2) is 4.99 Å². The van der Waals surface area contributed by atoms with Crippen LogP contribution in [0.15, 0.2) is 89.9 Å². The SMILES string of the molecule is c1ccc(C2=NC(c3ccccc3)Oc3ccccc32)cc1. The highest BCUT2D eigenvalue weighted by molar-refractivity contribution is 6.15. The highest BCUT2D eigenvalue weighted by Gasteiger charge is 2.23. The third kappa shape index (κ3) is 2.29. The van der Waals surface area contributed by atoms with E-state index in [0.717, 1.165) is 28.2 Å². The van der Waals surface area contributed by atoms with E-state index in [9.17, 15) is 0 Å². The number of rotatable bonds is 2. The van der Waals surface area contributed by atoms with Crippen molar-refractivity contribution < 1.29 is 4.74 Å². The molecule has 2 heteroatoms. The molecule has 0 aliphatic carbocycles. The second kappa shape index (κ2) is 5.49. The van der Waals surface area contributed by atoms with Gasteiger partial charge in [0, 0.05) is 16.7 Å². The van der Waals surface area contributed by atoms with E-state index in [1.165, 1.54) is 0 Å². The number of hydrogen-bond donors (Lipinski definition) is 0. The Bertz CT molecular complexity index is 809. The lowest BCUT2D eigenvalue weighted by Crippen LogP contribution is -2.18. The van der Waals surface area contributed by atoms with Crippen molar-refractivity contribution in [3.63, 3.8) is 0 Å². The molecular formula is C20H15NO. The van der Waals surface area contributed by atoms with Crippen LogP contribution in [0.1, 0.15) is 22.9 Å². The van der Waals surface area contributed by atoms with Gasteiger partial charge in [-0.3, -0.25) is 0 Å². The lowest BCUT2D eigenvalue weighted by atomic mass is 9.99. The zero-order valence-corrected chi connectivity index (χ0v) is 12.0. The lowest BCUT2D eigenvalue weighted by Gasteiger charge is -2.25. The third-order valence-electron chi connectivity index (χ3n) is 3.76. The Morgan fingerprint density at radius 3 is 2.09 bits per heavy atom. The molecule has 1 aliphatic heterocycles. The van der Waals surface area contributed by atoms with Gasteiger partial charge >= 0.3 is 0 Å². The summed E-state index contributed by atoms with van der Waals surface area (Å²) in [5.41, 5.74) is 4.20. The first-order valence-corrected chi connectivity index (χ1v) is 7.36. The molecule has 1 atom stereocenters. The first-order chi connectivity index (χ1) is 10.9. The smallest absolute Gasteiger partial charge is 0.216 e. The molecule has 22 heavy (non-hydrogen) atoms. The van der Waals surface area contributed by atoms with Crippen LogP contribution in [0, 0.1) is 0 Å². The van der Waals surface area contributed by atoms with Crippen LogP contribution in [0.5, 0.6) is 5.75 Å². The molecule has 0 saturated heterocycles. The van der Waals surface area contributed by atoms with E-state index < -0.39 is 0 Å². The van der Waals surface area contributed by atoms with E-state index in [1.807, 2.05) is 66.7 Å². The Hall–Kier alpha value is -2.87. The molecule has 0 amide bonds. The van der Waals surface area contributed by atoms with Crippen LogP contribution >= 0.6 is 0 Å². The minimum Gasteiger partial charge on any atom is -0.464 e. The number of aliphatic imine (C=N–C) groups is 1. The van der Waals surface area contributed by atoms with Crippen LogP contribution < -0.4 is 4.74 Å². The molecule has 0 spiro atoms. The number of ether oxygens (including phenoxy) is 1. The molecule has 2 nitrogen and oxygen atoms in total. The average Bonchev–Trinajstić information content (AvgIpc) is 2.62. The lowest BCUT2D eigenvalue weighted by molar-refractivity contribution is 0.211. The highest BCUT2D eigenvalue weighted by Crippen LogP contribution is 2.33. The van der Waals surface area contributed by atoms with Gasteiger partial charge in [-0.1, -0.05) is 72.8 Å². The zero-order valence-electron chi connectivity index (χ0n) is 12.0. The molecule has 0 bridgehead atoms. The predicted octanol–water partition coefficient (Wildman–Crippen LogP) is 4.62. The van der Waals surface area contributed by atoms with Crippen molar-refractivity contribution in [1.82, 2.24) is 0 Å². The number of para-hydroxylation sites is 1. The van der Waals surface area contributed by atoms with Crippen molar-refractivity contribution in [2.45, 2.75) is 6.23 Å². The molecule has 0 fully saturated rings. The van der Waals surface area contributed by atoms with E-state index >= 15 is 0 Å². The standard InChI is InChI=1S/C20H15NO/c1-3-9-15(10-4-1)19-17-13-7-8-14-18(17)22-20(21-19)16-11-5-2-6-12-16/h1-14,20H. The molecule has 1 aliphatic rings. The highest BCUT2D eigenvalue weighted by atomic mass is 16.5. The average molecular weight is 285 g/mol. The second-order valence-corrected chi connectivity index (χ2v) is 5.22. The van der Waals surface area contributed by atoms with Gasteiger partial charge in [-0.05, 0) is 12.1 Å². The van der Waals surface area contributed by atoms with Gasteiger partial charge in [0.15, 0.2) is 0 Å². The van der Waals surface area contributed by atoms with Crippen LogP contribution in [0.3, 0.4) is 0 Å². The summed E-state index contributed by atoms with van der Waals surface area (Å²) < 4.78 is 6.08. The summed E-state index contributed by atoms with van der Waals surface area (Å²) in [7, 11) is 0. The monoisotopic (exact) mass is 285 g/mol. The molecule has 1 heterocycles. The van der Waals surface area contributed by atoms with Gasteiger partial charge in [-0.2, -0.15) is 0 Å². The minimum absolute atomic E-state index is 0.300. The number of nitrogens with zero attached hydrogens (tertiary/aromatic N) is 1. The summed E-state index contributed by atoms with van der Waals surface area (Å²) in [5.74, 6) is 0.880. The summed E-state index contributed by atoms with van der Waals surface area (Å²) >= 11 is 0. The summed E-state index contributed by atoms with van der Waals surface area (Å²) in [6.07, 6.45) is -0.300. The van der Waals surface area contributed by atoms with Crippen LogP contribution in [-0.4, -0.2) is 5.71 Å². The second-order valence-electron chi connectivity index (χ2n) is 5.22. The van der Waals surface area contributed by atoms with E-state index in [-0.39, 0.29) is 6.23 Å². The topological polar surface area (TPSA) is 21.6 Å². The number of benzene rings is 3. The Morgan fingerprint density at radius 2 is 1.32 bits per heavy atom. The van der Waals surface area contributed by atoms with Gasteiger partial charge in [0.1, 0.15) is 5.75 Å². The maximum Gasteiger partial charge on any atom is 0.216 e. The fraction of sp³-hybridized carbons (Fsp3) is 0.0500. The summed E-state index contributed by atoms with van der Waals surface area (Å²) in [6, 6.07) is 28.5. The Balaban J connectivity index is 1.86. The Morgan fingerprint density at radius 1 is 0.682 bits per heavy atom. The molecule has 4 rings (SSSR count). The van der Waals surface area contributed by atoms with Gasteiger partial charge in [0.05, 0.1) is 5.71 Å². The van der Waals surface area contributed by atoms with Crippen molar-refractivity contribution >= 4 is 5.71 Å². The van der Waals surface area contributed by atoms with Crippen molar-refractivity contribution in [2.24, 2.45) is 4.99 Å². The quantitative estimate of drug-likeness (QED) is 0.673. The third-order valence-corrected chi connectivity index (χ3v) is 3.76. The van der Waals surface area contributed by atoms with Crippen LogP contribution in [0.4, 0.5) is 0 Å². The maximum atomic E-state index is 6.08. The number of hydrogen-bond acceptors (Lipinski definition) is 2. The van der Waals surface area contributed by atoms with Crippen LogP contribution in [0.2, 0.25) is 0 Å². The van der Waals surface area contributed by atoms with E-state index in [4.69, 9.17) is 9.73 Å². The fourth-order valence-corrected chi connectivity index (χ4v) is 2.68. The van der Waals surface area contributed by atoms with E-state index in [1.54, 1.807) is 0 Å². The van der Waals surface area contributed by atoms with E-state index in [0.29, 0.717) is 0 Å². The molecule has 0 saturated carbocycles. The molecule has 106 valence electrons. The van der Waals surface area contributed by atoms with Gasteiger partial charge in [0.2, 0.25) is 6.23 Å². The maximum absolute atomic E-state index is 6.08. The largest absolute Gasteiger partial charge is 0.464 e. The van der Waals surface area contributed by atoms with Crippen LogP contribution in [0.25, 0.3) is 0 Å². The first kappa shape index (κ1) is 12.8. The molecule has 3 aromatic carbocycles. The first-order valence-electron chi connectivity index (χ1n) is 7.36. The zero-order chi connectivity index (χ0) is 14.8. The molecule has 0 aromatic heterocycles. The Kier molecular flexibility index (Phi) is 3.20. The molecule has 1 unspecified atom stereocenters. The number of fused-ring (bicyclic) bond motifs is 1. The molecule has 0 N–H and O–H groups in total. The predicted molar refractivity (Wildman–Crippen MR) is 88.3 cm³/mol. The summed E-state index contributed by atoms with van der Waals surface area (Å²) in [4.78, 5) is 4.86. The molecule has 3 aromatic rings. The summed E-state index contributed by atoms with van der Waals surface area (Å²) in [5, 5.41) is 0. The minimum atomic E-state index is -0.300. The molecular weight excluding hydrogens is 270 g/mol.